The Hall–Kier alpha value is -2.56. The third kappa shape index (κ3) is 4.89. The fourth-order valence-electron chi connectivity index (χ4n) is 3.20. The number of benzene rings is 1. The van der Waals surface area contributed by atoms with E-state index in [4.69, 9.17) is 4.74 Å². The van der Waals surface area contributed by atoms with E-state index >= 15 is 0 Å². The molecule has 0 aliphatic carbocycles. The zero-order valence-corrected chi connectivity index (χ0v) is 16.9. The summed E-state index contributed by atoms with van der Waals surface area (Å²) < 4.78 is 46.1. The molecule has 2 saturated heterocycles. The van der Waals surface area contributed by atoms with Gasteiger partial charge >= 0.3 is 6.09 Å². The van der Waals surface area contributed by atoms with Crippen LogP contribution in [-0.2, 0) is 15.5 Å². The van der Waals surface area contributed by atoms with Crippen molar-refractivity contribution in [1.29, 1.82) is 0 Å². The molecule has 1 aromatic rings. The van der Waals surface area contributed by atoms with Crippen LogP contribution >= 0.6 is 0 Å². The number of carbonyl (C=O) groups is 1. The van der Waals surface area contributed by atoms with Crippen molar-refractivity contribution in [2.45, 2.75) is 13.0 Å². The van der Waals surface area contributed by atoms with Gasteiger partial charge in [-0.15, -0.1) is 0 Å². The Labute approximate surface area is 170 Å². The molecule has 0 saturated carbocycles. The minimum absolute atomic E-state index is 0.0807. The van der Waals surface area contributed by atoms with E-state index in [1.54, 1.807) is 4.90 Å². The number of anilines is 2. The lowest BCUT2D eigenvalue weighted by Crippen LogP contribution is -2.38. The van der Waals surface area contributed by atoms with Crippen LogP contribution in [0.5, 0.6) is 0 Å². The van der Waals surface area contributed by atoms with Gasteiger partial charge in [-0.25, -0.2) is 13.6 Å². The van der Waals surface area contributed by atoms with E-state index in [0.717, 1.165) is 12.1 Å². The first kappa shape index (κ1) is 21.2. The number of rotatable bonds is 7. The fraction of sp³-hybridized carbons (Fsp3) is 0.500. The third-order valence-corrected chi connectivity index (χ3v) is 5.88. The molecular formula is C18H23F2N5O3S. The lowest BCUT2D eigenvalue weighted by Gasteiger charge is -2.29. The van der Waals surface area contributed by atoms with E-state index < -0.39 is 34.6 Å². The van der Waals surface area contributed by atoms with E-state index in [-0.39, 0.29) is 24.5 Å². The molecular weight excluding hydrogens is 404 g/mol. The van der Waals surface area contributed by atoms with Gasteiger partial charge in [0, 0.05) is 53.7 Å². The monoisotopic (exact) mass is 427 g/mol. The van der Waals surface area contributed by atoms with E-state index in [0.29, 0.717) is 31.1 Å². The van der Waals surface area contributed by atoms with Crippen molar-refractivity contribution in [2.75, 3.05) is 54.0 Å². The summed E-state index contributed by atoms with van der Waals surface area (Å²) in [7, 11) is -0.953. The quantitative estimate of drug-likeness (QED) is 0.494. The van der Waals surface area contributed by atoms with Gasteiger partial charge in [0.15, 0.2) is 11.6 Å². The molecule has 0 bridgehead atoms. The maximum atomic E-state index is 14.7. The molecule has 1 atom stereocenters. The average molecular weight is 427 g/mol. The highest BCUT2D eigenvalue weighted by atomic mass is 32.2. The fourth-order valence-corrected chi connectivity index (χ4v) is 4.25. The molecule has 8 nitrogen and oxygen atoms in total. The van der Waals surface area contributed by atoms with Gasteiger partial charge in [0.25, 0.3) is 0 Å². The topological polar surface area (TPSA) is 77.8 Å². The van der Waals surface area contributed by atoms with Crippen molar-refractivity contribution >= 4 is 28.3 Å². The molecule has 2 aliphatic heterocycles. The normalized spacial score (nSPS) is 20.4. The van der Waals surface area contributed by atoms with Gasteiger partial charge in [0.1, 0.15) is 11.8 Å². The Morgan fingerprint density at radius 1 is 1.34 bits per heavy atom. The average Bonchev–Trinajstić information content (AvgIpc) is 3.06. The maximum absolute atomic E-state index is 14.7. The van der Waals surface area contributed by atoms with Gasteiger partial charge in [-0.05, 0) is 6.92 Å². The first-order valence-electron chi connectivity index (χ1n) is 9.26. The predicted molar refractivity (Wildman–Crippen MR) is 106 cm³/mol. The number of nitrogens with zero attached hydrogens (tertiary/aromatic N) is 5. The number of hydrogen-bond donors (Lipinski definition) is 0. The number of cyclic esters (lactones) is 1. The summed E-state index contributed by atoms with van der Waals surface area (Å²) in [4.78, 5) is 15.0. The second-order valence-corrected chi connectivity index (χ2v) is 8.26. The Kier molecular flexibility index (Phi) is 6.78. The molecule has 1 unspecified atom stereocenters. The number of ether oxygens (including phenoxy) is 1. The molecule has 0 radical (unpaired) electrons. The van der Waals surface area contributed by atoms with Crippen molar-refractivity contribution in [3.05, 3.63) is 36.5 Å². The molecule has 1 amide bonds. The van der Waals surface area contributed by atoms with E-state index in [1.807, 2.05) is 6.92 Å². The third-order valence-electron chi connectivity index (χ3n) is 4.60. The molecule has 3 rings (SSSR count). The zero-order chi connectivity index (χ0) is 21.0. The summed E-state index contributed by atoms with van der Waals surface area (Å²) in [5.41, 5.74) is -0.0791. The van der Waals surface area contributed by atoms with Crippen LogP contribution in [-0.4, -0.2) is 65.6 Å². The SMILES string of the molecule is C=CN(CC1CN(c2cc(F)c(N3CCS(=O)CC3)c(F)c2)C(=O)O1)N=NCC. The Bertz CT molecular complexity index is 805. The highest BCUT2D eigenvalue weighted by Gasteiger charge is 2.34. The van der Waals surface area contributed by atoms with Gasteiger partial charge in [-0.3, -0.25) is 14.1 Å². The van der Waals surface area contributed by atoms with Crippen molar-refractivity contribution in [2.24, 2.45) is 10.3 Å². The Morgan fingerprint density at radius 3 is 2.59 bits per heavy atom. The molecule has 2 heterocycles. The van der Waals surface area contributed by atoms with Gasteiger partial charge in [0.05, 0.1) is 25.3 Å². The molecule has 29 heavy (non-hydrogen) atoms. The highest BCUT2D eigenvalue weighted by Crippen LogP contribution is 2.31. The van der Waals surface area contributed by atoms with Crippen molar-refractivity contribution < 1.29 is 22.5 Å². The maximum Gasteiger partial charge on any atom is 0.414 e. The summed E-state index contributed by atoms with van der Waals surface area (Å²) in [6.45, 7) is 6.94. The summed E-state index contributed by atoms with van der Waals surface area (Å²) in [6.07, 6.45) is 0.209. The number of halogens is 2. The predicted octanol–water partition coefficient (Wildman–Crippen LogP) is 2.69. The van der Waals surface area contributed by atoms with Gasteiger partial charge < -0.3 is 9.64 Å². The van der Waals surface area contributed by atoms with Crippen LogP contribution in [0.25, 0.3) is 0 Å². The second kappa shape index (κ2) is 9.29. The second-order valence-electron chi connectivity index (χ2n) is 6.56. The summed E-state index contributed by atoms with van der Waals surface area (Å²) >= 11 is 0. The molecule has 11 heteroatoms. The smallest absolute Gasteiger partial charge is 0.414 e. The van der Waals surface area contributed by atoms with Crippen LogP contribution in [0.2, 0.25) is 0 Å². The van der Waals surface area contributed by atoms with E-state index in [2.05, 4.69) is 16.9 Å². The van der Waals surface area contributed by atoms with Crippen molar-refractivity contribution in [3.63, 3.8) is 0 Å². The van der Waals surface area contributed by atoms with Crippen molar-refractivity contribution in [3.8, 4) is 0 Å². The van der Waals surface area contributed by atoms with Crippen molar-refractivity contribution in [1.82, 2.24) is 5.01 Å². The molecule has 2 aliphatic rings. The summed E-state index contributed by atoms with van der Waals surface area (Å²) in [6, 6.07) is 2.24. The van der Waals surface area contributed by atoms with Gasteiger partial charge in [-0.2, -0.15) is 5.11 Å². The standard InChI is InChI=1S/C18H23F2N5O3S/c1-3-21-22-24(4-2)11-14-12-25(18(26)28-14)13-9-15(19)17(16(20)10-13)23-5-7-29(27)8-6-23/h4,9-10,14H,2-3,5-8,11-12H2,1H3. The Balaban J connectivity index is 1.73. The molecule has 158 valence electrons. The minimum Gasteiger partial charge on any atom is -0.442 e. The van der Waals surface area contributed by atoms with Crippen LogP contribution in [0.1, 0.15) is 6.92 Å². The van der Waals surface area contributed by atoms with Crippen LogP contribution in [0, 0.1) is 11.6 Å². The molecule has 0 aromatic heterocycles. The summed E-state index contributed by atoms with van der Waals surface area (Å²) in [5, 5.41) is 9.23. The van der Waals surface area contributed by atoms with Crippen LogP contribution in [0.15, 0.2) is 35.2 Å². The van der Waals surface area contributed by atoms with E-state index in [1.165, 1.54) is 16.1 Å². The van der Waals surface area contributed by atoms with Gasteiger partial charge in [-0.1, -0.05) is 11.8 Å². The lowest BCUT2D eigenvalue weighted by atomic mass is 10.2. The minimum atomic E-state index is -0.953. The van der Waals surface area contributed by atoms with Crippen LogP contribution in [0.4, 0.5) is 25.0 Å². The summed E-state index contributed by atoms with van der Waals surface area (Å²) in [5.74, 6) is -0.798. The number of amides is 1. The molecule has 0 spiro atoms. The first-order valence-corrected chi connectivity index (χ1v) is 10.8. The van der Waals surface area contributed by atoms with Crippen LogP contribution < -0.4 is 9.80 Å². The molecule has 1 aromatic carbocycles. The zero-order valence-electron chi connectivity index (χ0n) is 16.1. The molecule has 2 fully saturated rings. The lowest BCUT2D eigenvalue weighted by molar-refractivity contribution is 0.121. The van der Waals surface area contributed by atoms with Crippen LogP contribution in [0.3, 0.4) is 0 Å². The number of hydrogen-bond acceptors (Lipinski definition) is 6. The van der Waals surface area contributed by atoms with Gasteiger partial charge in [0.2, 0.25) is 0 Å². The van der Waals surface area contributed by atoms with E-state index in [9.17, 15) is 17.8 Å². The highest BCUT2D eigenvalue weighted by molar-refractivity contribution is 7.85. The largest absolute Gasteiger partial charge is 0.442 e. The first-order chi connectivity index (χ1) is 13.9. The molecule has 0 N–H and O–H groups in total. The number of carbonyl (C=O) groups excluding carboxylic acids is 1. The Morgan fingerprint density at radius 2 is 2.00 bits per heavy atom.